The molecule has 0 fully saturated rings. The zero-order valence-electron chi connectivity index (χ0n) is 7.47. The first-order chi connectivity index (χ1) is 4.72. The maximum absolute atomic E-state index is 10.5. The standard InChI is InChI=1S/C8H16O2.Zn/c1-3-5-7(6-4-2)8(9)10;/h7H,3-6H2,1-2H3,(H,9,10);. The van der Waals surface area contributed by atoms with Gasteiger partial charge in [-0.05, 0) is 12.8 Å². The van der Waals surface area contributed by atoms with Crippen molar-refractivity contribution in [3.63, 3.8) is 0 Å². The minimum atomic E-state index is -0.635. The first kappa shape index (κ1) is 13.7. The van der Waals surface area contributed by atoms with Gasteiger partial charge in [0.2, 0.25) is 0 Å². The van der Waals surface area contributed by atoms with Crippen molar-refractivity contribution in [2.24, 2.45) is 5.92 Å². The van der Waals surface area contributed by atoms with E-state index in [9.17, 15) is 4.79 Å². The third kappa shape index (κ3) is 6.49. The summed E-state index contributed by atoms with van der Waals surface area (Å²) in [7, 11) is 0. The maximum Gasteiger partial charge on any atom is 0.306 e. The van der Waals surface area contributed by atoms with Gasteiger partial charge in [0.1, 0.15) is 0 Å². The molecule has 0 heterocycles. The third-order valence-electron chi connectivity index (χ3n) is 1.62. The Bertz CT molecular complexity index is 98.3. The summed E-state index contributed by atoms with van der Waals surface area (Å²) < 4.78 is 0. The molecule has 0 aromatic rings. The molecule has 0 rings (SSSR count). The zero-order chi connectivity index (χ0) is 7.98. The van der Waals surface area contributed by atoms with E-state index in [0.717, 1.165) is 25.7 Å². The molecule has 0 aliphatic carbocycles. The van der Waals surface area contributed by atoms with Gasteiger partial charge in [-0.2, -0.15) is 0 Å². The van der Waals surface area contributed by atoms with Crippen molar-refractivity contribution in [2.45, 2.75) is 39.5 Å². The number of hydrogen-bond donors (Lipinski definition) is 1. The van der Waals surface area contributed by atoms with Crippen LogP contribution in [0.15, 0.2) is 0 Å². The summed E-state index contributed by atoms with van der Waals surface area (Å²) in [6.45, 7) is 4.04. The van der Waals surface area contributed by atoms with Crippen LogP contribution in [0.2, 0.25) is 0 Å². The number of carboxylic acids is 1. The van der Waals surface area contributed by atoms with Crippen molar-refractivity contribution in [1.29, 1.82) is 0 Å². The van der Waals surface area contributed by atoms with Crippen LogP contribution in [0.3, 0.4) is 0 Å². The molecule has 0 spiro atoms. The smallest absolute Gasteiger partial charge is 0.306 e. The second-order valence-corrected chi connectivity index (χ2v) is 2.61. The van der Waals surface area contributed by atoms with E-state index >= 15 is 0 Å². The fourth-order valence-corrected chi connectivity index (χ4v) is 1.09. The average molecular weight is 210 g/mol. The van der Waals surface area contributed by atoms with Crippen LogP contribution in [0.5, 0.6) is 0 Å². The van der Waals surface area contributed by atoms with E-state index in [-0.39, 0.29) is 25.4 Å². The SMILES string of the molecule is CCCC(CCC)C(=O)O.[Zn]. The van der Waals surface area contributed by atoms with Gasteiger partial charge in [0.15, 0.2) is 0 Å². The van der Waals surface area contributed by atoms with Gasteiger partial charge in [-0.15, -0.1) is 0 Å². The van der Waals surface area contributed by atoms with Crippen LogP contribution in [0.1, 0.15) is 39.5 Å². The predicted molar refractivity (Wildman–Crippen MR) is 40.9 cm³/mol. The molecule has 0 unspecified atom stereocenters. The van der Waals surface area contributed by atoms with Gasteiger partial charge in [-0.25, -0.2) is 0 Å². The molecule has 0 aromatic heterocycles. The van der Waals surface area contributed by atoms with Crippen molar-refractivity contribution < 1.29 is 29.4 Å². The molecule has 0 saturated carbocycles. The van der Waals surface area contributed by atoms with Crippen LogP contribution >= 0.6 is 0 Å². The molecule has 0 saturated heterocycles. The van der Waals surface area contributed by atoms with Gasteiger partial charge in [-0.3, -0.25) is 4.79 Å². The topological polar surface area (TPSA) is 37.3 Å². The third-order valence-corrected chi connectivity index (χ3v) is 1.62. The molecule has 0 aromatic carbocycles. The van der Waals surface area contributed by atoms with Crippen LogP contribution in [-0.2, 0) is 24.3 Å². The average Bonchev–Trinajstić information content (AvgIpc) is 1.87. The van der Waals surface area contributed by atoms with Gasteiger partial charge >= 0.3 is 5.97 Å². The second kappa shape index (κ2) is 8.19. The molecule has 0 atom stereocenters. The number of carboxylic acid groups (broad SMARTS) is 1. The Morgan fingerprint density at radius 1 is 1.27 bits per heavy atom. The molecule has 0 aliphatic rings. The van der Waals surface area contributed by atoms with Crippen molar-refractivity contribution in [3.05, 3.63) is 0 Å². The van der Waals surface area contributed by atoms with E-state index in [1.807, 2.05) is 13.8 Å². The Hall–Kier alpha value is 0.0934. The van der Waals surface area contributed by atoms with Crippen LogP contribution in [0.25, 0.3) is 0 Å². The number of aliphatic carboxylic acids is 1. The molecular formula is C8H16O2Zn. The molecular weight excluding hydrogens is 193 g/mol. The van der Waals surface area contributed by atoms with Crippen LogP contribution in [0, 0.1) is 5.92 Å². The zero-order valence-corrected chi connectivity index (χ0v) is 10.4. The summed E-state index contributed by atoms with van der Waals surface area (Å²) in [5.74, 6) is -0.737. The van der Waals surface area contributed by atoms with Gasteiger partial charge in [0.05, 0.1) is 5.92 Å². The summed E-state index contributed by atoms with van der Waals surface area (Å²) in [5.41, 5.74) is 0. The molecule has 0 aliphatic heterocycles. The monoisotopic (exact) mass is 208 g/mol. The molecule has 0 bridgehead atoms. The van der Waals surface area contributed by atoms with Crippen molar-refractivity contribution in [2.75, 3.05) is 0 Å². The molecule has 3 heteroatoms. The Labute approximate surface area is 81.1 Å². The normalized spacial score (nSPS) is 9.36. The number of rotatable bonds is 5. The fourth-order valence-electron chi connectivity index (χ4n) is 1.09. The fraction of sp³-hybridized carbons (Fsp3) is 0.875. The number of carbonyl (C=O) groups is 1. The van der Waals surface area contributed by atoms with Crippen molar-refractivity contribution >= 4 is 5.97 Å². The summed E-state index contributed by atoms with van der Waals surface area (Å²) in [5, 5.41) is 8.64. The van der Waals surface area contributed by atoms with Crippen molar-refractivity contribution in [3.8, 4) is 0 Å². The van der Waals surface area contributed by atoms with E-state index in [1.54, 1.807) is 0 Å². The summed E-state index contributed by atoms with van der Waals surface area (Å²) >= 11 is 0. The summed E-state index contributed by atoms with van der Waals surface area (Å²) in [6.07, 6.45) is 3.58. The van der Waals surface area contributed by atoms with Gasteiger partial charge in [0, 0.05) is 19.5 Å². The Morgan fingerprint density at radius 2 is 1.64 bits per heavy atom. The van der Waals surface area contributed by atoms with E-state index in [0.29, 0.717) is 0 Å². The van der Waals surface area contributed by atoms with Gasteiger partial charge < -0.3 is 5.11 Å². The molecule has 2 nitrogen and oxygen atoms in total. The Kier molecular flexibility index (Phi) is 10.2. The Balaban J connectivity index is 0. The maximum atomic E-state index is 10.5. The van der Waals surface area contributed by atoms with Crippen LogP contribution in [0.4, 0.5) is 0 Å². The van der Waals surface area contributed by atoms with Gasteiger partial charge in [0.25, 0.3) is 0 Å². The van der Waals surface area contributed by atoms with E-state index in [1.165, 1.54) is 0 Å². The van der Waals surface area contributed by atoms with E-state index in [4.69, 9.17) is 5.11 Å². The van der Waals surface area contributed by atoms with E-state index < -0.39 is 5.97 Å². The summed E-state index contributed by atoms with van der Waals surface area (Å²) in [4.78, 5) is 10.5. The Morgan fingerprint density at radius 3 is 1.82 bits per heavy atom. The van der Waals surface area contributed by atoms with Crippen LogP contribution in [-0.4, -0.2) is 11.1 Å². The quantitative estimate of drug-likeness (QED) is 0.706. The molecule has 1 N–H and O–H groups in total. The number of hydrogen-bond acceptors (Lipinski definition) is 1. The van der Waals surface area contributed by atoms with Crippen molar-refractivity contribution in [1.82, 2.24) is 0 Å². The summed E-state index contributed by atoms with van der Waals surface area (Å²) in [6, 6.07) is 0. The van der Waals surface area contributed by atoms with Gasteiger partial charge in [-0.1, -0.05) is 26.7 Å². The molecule has 0 amide bonds. The largest absolute Gasteiger partial charge is 0.481 e. The van der Waals surface area contributed by atoms with E-state index in [2.05, 4.69) is 0 Å². The minimum absolute atomic E-state index is 0. The predicted octanol–water partition coefficient (Wildman–Crippen LogP) is 2.28. The first-order valence-corrected chi connectivity index (χ1v) is 3.95. The second-order valence-electron chi connectivity index (χ2n) is 2.61. The molecule has 62 valence electrons. The molecule has 0 radical (unpaired) electrons. The molecule has 11 heavy (non-hydrogen) atoms. The first-order valence-electron chi connectivity index (χ1n) is 3.95. The minimum Gasteiger partial charge on any atom is -0.481 e. The van der Waals surface area contributed by atoms with Crippen LogP contribution < -0.4 is 0 Å².